The van der Waals surface area contributed by atoms with Crippen LogP contribution in [0, 0.1) is 5.92 Å². The first-order valence-corrected chi connectivity index (χ1v) is 8.04. The van der Waals surface area contributed by atoms with Crippen molar-refractivity contribution < 1.29 is 9.53 Å². The number of hydrogen-bond donors (Lipinski definition) is 1. The first-order chi connectivity index (χ1) is 8.42. The van der Waals surface area contributed by atoms with Crippen molar-refractivity contribution in [3.05, 3.63) is 0 Å². The number of ether oxygens (including phenoxy) is 1. The first kappa shape index (κ1) is 15.8. The van der Waals surface area contributed by atoms with Gasteiger partial charge < -0.3 is 10.1 Å². The number of nitrogens with one attached hydrogen (secondary N) is 1. The van der Waals surface area contributed by atoms with E-state index in [-0.39, 0.29) is 11.6 Å². The minimum Gasteiger partial charge on any atom is -0.459 e. The van der Waals surface area contributed by atoms with E-state index >= 15 is 0 Å². The molecule has 0 bridgehead atoms. The van der Waals surface area contributed by atoms with Crippen LogP contribution in [0.5, 0.6) is 0 Å². The highest BCUT2D eigenvalue weighted by molar-refractivity contribution is 7.99. The number of hydrogen-bond acceptors (Lipinski definition) is 4. The summed E-state index contributed by atoms with van der Waals surface area (Å²) in [6.07, 6.45) is 5.39. The molecule has 0 radical (unpaired) electrons. The van der Waals surface area contributed by atoms with Gasteiger partial charge in [0.05, 0.1) is 5.75 Å². The lowest BCUT2D eigenvalue weighted by atomic mass is 10.0. The number of carbonyl (C=O) groups excluding carboxylic acids is 1. The second kappa shape index (κ2) is 7.39. The topological polar surface area (TPSA) is 38.3 Å². The highest BCUT2D eigenvalue weighted by atomic mass is 32.2. The zero-order valence-electron chi connectivity index (χ0n) is 12.1. The molecule has 0 heterocycles. The summed E-state index contributed by atoms with van der Waals surface area (Å²) in [6, 6.07) is 0.542. The highest BCUT2D eigenvalue weighted by Crippen LogP contribution is 2.29. The number of carbonyl (C=O) groups is 1. The zero-order chi connectivity index (χ0) is 13.6. The molecule has 0 spiro atoms. The number of thioether (sulfide) groups is 1. The van der Waals surface area contributed by atoms with E-state index in [4.69, 9.17) is 4.74 Å². The van der Waals surface area contributed by atoms with Crippen molar-refractivity contribution in [3.63, 3.8) is 0 Å². The molecule has 1 saturated carbocycles. The van der Waals surface area contributed by atoms with E-state index in [0.717, 1.165) is 11.7 Å². The van der Waals surface area contributed by atoms with Gasteiger partial charge in [-0.3, -0.25) is 4.79 Å². The van der Waals surface area contributed by atoms with E-state index < -0.39 is 0 Å². The van der Waals surface area contributed by atoms with Crippen LogP contribution in [0.15, 0.2) is 0 Å². The van der Waals surface area contributed by atoms with Crippen molar-refractivity contribution in [2.75, 3.05) is 18.6 Å². The molecule has 18 heavy (non-hydrogen) atoms. The summed E-state index contributed by atoms with van der Waals surface area (Å²) < 4.78 is 5.30. The summed E-state index contributed by atoms with van der Waals surface area (Å²) in [7, 11) is 2.02. The second-order valence-electron chi connectivity index (χ2n) is 6.04. The smallest absolute Gasteiger partial charge is 0.316 e. The van der Waals surface area contributed by atoms with Crippen LogP contribution in [-0.4, -0.2) is 36.2 Å². The Morgan fingerprint density at radius 3 is 2.50 bits per heavy atom. The van der Waals surface area contributed by atoms with Gasteiger partial charge in [-0.1, -0.05) is 12.8 Å². The van der Waals surface area contributed by atoms with Gasteiger partial charge in [0, 0.05) is 11.8 Å². The number of rotatable bonds is 6. The molecule has 1 fully saturated rings. The number of esters is 1. The Morgan fingerprint density at radius 2 is 2.00 bits per heavy atom. The summed E-state index contributed by atoms with van der Waals surface area (Å²) in [4.78, 5) is 11.6. The van der Waals surface area contributed by atoms with Gasteiger partial charge in [0.15, 0.2) is 0 Å². The summed E-state index contributed by atoms with van der Waals surface area (Å²) in [6.45, 7) is 5.72. The van der Waals surface area contributed by atoms with Crippen LogP contribution in [-0.2, 0) is 9.53 Å². The standard InChI is InChI=1S/C14H27NO2S/c1-14(2,3)17-13(16)10-18-9-12(15-4)11-7-5-6-8-11/h11-12,15H,5-10H2,1-4H3. The third kappa shape index (κ3) is 6.10. The van der Waals surface area contributed by atoms with Gasteiger partial charge in [-0.25, -0.2) is 0 Å². The summed E-state index contributed by atoms with van der Waals surface area (Å²) >= 11 is 1.68. The summed E-state index contributed by atoms with van der Waals surface area (Å²) in [5.74, 6) is 2.15. The van der Waals surface area contributed by atoms with Crippen LogP contribution >= 0.6 is 11.8 Å². The Morgan fingerprint density at radius 1 is 1.39 bits per heavy atom. The van der Waals surface area contributed by atoms with Crippen LogP contribution in [0.4, 0.5) is 0 Å². The molecule has 0 aromatic heterocycles. The normalized spacial score (nSPS) is 18.9. The third-order valence-corrected chi connectivity index (χ3v) is 4.31. The minimum atomic E-state index is -0.370. The lowest BCUT2D eigenvalue weighted by molar-refractivity contribution is -0.151. The predicted molar refractivity (Wildman–Crippen MR) is 78.0 cm³/mol. The molecule has 1 N–H and O–H groups in total. The third-order valence-electron chi connectivity index (χ3n) is 3.28. The minimum absolute atomic E-state index is 0.103. The van der Waals surface area contributed by atoms with Crippen molar-refractivity contribution >= 4 is 17.7 Å². The maximum Gasteiger partial charge on any atom is 0.316 e. The molecule has 0 amide bonds. The molecule has 106 valence electrons. The molecule has 4 heteroatoms. The Kier molecular flexibility index (Phi) is 6.50. The Hall–Kier alpha value is -0.220. The van der Waals surface area contributed by atoms with Crippen LogP contribution in [0.25, 0.3) is 0 Å². The first-order valence-electron chi connectivity index (χ1n) is 6.89. The van der Waals surface area contributed by atoms with E-state index in [2.05, 4.69) is 5.32 Å². The van der Waals surface area contributed by atoms with Gasteiger partial charge in [-0.15, -0.1) is 11.8 Å². The molecule has 1 rings (SSSR count). The van der Waals surface area contributed by atoms with Gasteiger partial charge in [-0.2, -0.15) is 0 Å². The SMILES string of the molecule is CNC(CSCC(=O)OC(C)(C)C)C1CCCC1. The lowest BCUT2D eigenvalue weighted by Crippen LogP contribution is -2.35. The molecule has 3 nitrogen and oxygen atoms in total. The van der Waals surface area contributed by atoms with Gasteiger partial charge in [0.25, 0.3) is 0 Å². The van der Waals surface area contributed by atoms with Crippen LogP contribution in [0.1, 0.15) is 46.5 Å². The largest absolute Gasteiger partial charge is 0.459 e. The van der Waals surface area contributed by atoms with Crippen LogP contribution < -0.4 is 5.32 Å². The van der Waals surface area contributed by atoms with Gasteiger partial charge in [0.1, 0.15) is 5.60 Å². The summed E-state index contributed by atoms with van der Waals surface area (Å²) in [5, 5.41) is 3.39. The van der Waals surface area contributed by atoms with E-state index in [1.807, 2.05) is 27.8 Å². The van der Waals surface area contributed by atoms with E-state index in [1.54, 1.807) is 11.8 Å². The molecule has 0 aromatic rings. The van der Waals surface area contributed by atoms with Gasteiger partial charge >= 0.3 is 5.97 Å². The summed E-state index contributed by atoms with van der Waals surface area (Å²) in [5.41, 5.74) is -0.370. The average Bonchev–Trinajstić information content (AvgIpc) is 2.75. The van der Waals surface area contributed by atoms with Crippen LogP contribution in [0.3, 0.4) is 0 Å². The predicted octanol–water partition coefficient (Wildman–Crippen LogP) is 2.84. The molecule has 1 atom stereocenters. The maximum absolute atomic E-state index is 11.6. The Bertz CT molecular complexity index is 257. The molecule has 0 aromatic carbocycles. The molecule has 1 aliphatic carbocycles. The second-order valence-corrected chi connectivity index (χ2v) is 7.07. The fraction of sp³-hybridized carbons (Fsp3) is 0.929. The Balaban J connectivity index is 2.20. The van der Waals surface area contributed by atoms with Crippen molar-refractivity contribution in [3.8, 4) is 0 Å². The molecular weight excluding hydrogens is 246 g/mol. The molecule has 0 aliphatic heterocycles. The van der Waals surface area contributed by atoms with E-state index in [0.29, 0.717) is 11.8 Å². The van der Waals surface area contributed by atoms with Gasteiger partial charge in [-0.05, 0) is 46.6 Å². The molecule has 1 unspecified atom stereocenters. The quantitative estimate of drug-likeness (QED) is 0.755. The zero-order valence-corrected chi connectivity index (χ0v) is 12.9. The van der Waals surface area contributed by atoms with Crippen molar-refractivity contribution in [1.29, 1.82) is 0 Å². The van der Waals surface area contributed by atoms with E-state index in [9.17, 15) is 4.79 Å². The molecule has 0 saturated heterocycles. The average molecular weight is 273 g/mol. The lowest BCUT2D eigenvalue weighted by Gasteiger charge is -2.23. The fourth-order valence-electron chi connectivity index (χ4n) is 2.46. The van der Waals surface area contributed by atoms with Crippen molar-refractivity contribution in [2.45, 2.75) is 58.1 Å². The van der Waals surface area contributed by atoms with E-state index in [1.165, 1.54) is 25.7 Å². The maximum atomic E-state index is 11.6. The Labute approximate surface area is 115 Å². The molecular formula is C14H27NO2S. The highest BCUT2D eigenvalue weighted by Gasteiger charge is 2.24. The van der Waals surface area contributed by atoms with Gasteiger partial charge in [0.2, 0.25) is 0 Å². The van der Waals surface area contributed by atoms with Crippen LogP contribution in [0.2, 0.25) is 0 Å². The van der Waals surface area contributed by atoms with Crippen molar-refractivity contribution in [2.24, 2.45) is 5.92 Å². The fourth-order valence-corrected chi connectivity index (χ4v) is 3.49. The van der Waals surface area contributed by atoms with Crippen molar-refractivity contribution in [1.82, 2.24) is 5.32 Å². The monoisotopic (exact) mass is 273 g/mol. The molecule has 1 aliphatic rings.